The average Bonchev–Trinajstić information content (AvgIpc) is 3.13. The van der Waals surface area contributed by atoms with E-state index in [-0.39, 0.29) is 0 Å². The molecule has 0 aliphatic carbocycles. The van der Waals surface area contributed by atoms with E-state index in [0.717, 1.165) is 38.2 Å². The summed E-state index contributed by atoms with van der Waals surface area (Å²) < 4.78 is 10.8. The number of benzene rings is 1. The first-order chi connectivity index (χ1) is 9.86. The van der Waals surface area contributed by atoms with Crippen LogP contribution in [-0.4, -0.2) is 13.2 Å². The second-order valence-electron chi connectivity index (χ2n) is 5.31. The van der Waals surface area contributed by atoms with Crippen LogP contribution in [0.1, 0.15) is 36.1 Å². The normalized spacial score (nSPS) is 14.8. The van der Waals surface area contributed by atoms with Crippen molar-refractivity contribution >= 4 is 0 Å². The van der Waals surface area contributed by atoms with E-state index < -0.39 is 0 Å². The number of nitrogens with one attached hydrogen (secondary N) is 1. The lowest BCUT2D eigenvalue weighted by Crippen LogP contribution is -2.24. The van der Waals surface area contributed by atoms with Crippen molar-refractivity contribution in [2.75, 3.05) is 13.2 Å². The summed E-state index contributed by atoms with van der Waals surface area (Å²) in [5.41, 5.74) is 3.90. The highest BCUT2D eigenvalue weighted by Gasteiger charge is 2.17. The summed E-state index contributed by atoms with van der Waals surface area (Å²) in [4.78, 5) is 0. The molecule has 1 aliphatic rings. The van der Waals surface area contributed by atoms with Crippen molar-refractivity contribution in [3.63, 3.8) is 0 Å². The maximum Gasteiger partial charge on any atom is 0.122 e. The van der Waals surface area contributed by atoms with Crippen LogP contribution in [-0.2, 0) is 12.8 Å². The lowest BCUT2D eigenvalue weighted by atomic mass is 9.97. The zero-order valence-corrected chi connectivity index (χ0v) is 11.9. The lowest BCUT2D eigenvalue weighted by Gasteiger charge is -2.19. The Labute approximate surface area is 119 Å². The quantitative estimate of drug-likeness (QED) is 0.873. The van der Waals surface area contributed by atoms with Crippen LogP contribution in [0.2, 0.25) is 0 Å². The van der Waals surface area contributed by atoms with Crippen molar-refractivity contribution in [1.82, 2.24) is 5.32 Å². The van der Waals surface area contributed by atoms with E-state index in [4.69, 9.17) is 9.15 Å². The van der Waals surface area contributed by atoms with Gasteiger partial charge in [0.1, 0.15) is 5.75 Å². The summed E-state index contributed by atoms with van der Waals surface area (Å²) in [6.45, 7) is 4.03. The summed E-state index contributed by atoms with van der Waals surface area (Å²) in [5.74, 6) is 1.05. The van der Waals surface area contributed by atoms with Crippen LogP contribution in [0.5, 0.6) is 5.75 Å². The number of hydrogen-bond donors (Lipinski definition) is 1. The van der Waals surface area contributed by atoms with Crippen molar-refractivity contribution in [3.8, 4) is 5.75 Å². The minimum Gasteiger partial charge on any atom is -0.493 e. The van der Waals surface area contributed by atoms with Gasteiger partial charge in [-0.25, -0.2) is 0 Å². The van der Waals surface area contributed by atoms with Gasteiger partial charge in [-0.05, 0) is 48.2 Å². The van der Waals surface area contributed by atoms with Crippen LogP contribution in [0.4, 0.5) is 0 Å². The van der Waals surface area contributed by atoms with E-state index in [2.05, 4.69) is 30.4 Å². The molecule has 0 bridgehead atoms. The van der Waals surface area contributed by atoms with Gasteiger partial charge in [0.2, 0.25) is 0 Å². The molecule has 3 rings (SSSR count). The molecule has 2 heterocycles. The van der Waals surface area contributed by atoms with Gasteiger partial charge in [0, 0.05) is 12.5 Å². The number of rotatable bonds is 6. The van der Waals surface area contributed by atoms with Crippen LogP contribution in [0.15, 0.2) is 41.2 Å². The third kappa shape index (κ3) is 2.88. The molecule has 2 aromatic rings. The molecule has 3 nitrogen and oxygen atoms in total. The molecule has 1 aromatic heterocycles. The second-order valence-corrected chi connectivity index (χ2v) is 5.31. The molecule has 106 valence electrons. The van der Waals surface area contributed by atoms with E-state index in [1.165, 1.54) is 16.7 Å². The van der Waals surface area contributed by atoms with Crippen molar-refractivity contribution in [1.29, 1.82) is 0 Å². The zero-order valence-electron chi connectivity index (χ0n) is 11.9. The van der Waals surface area contributed by atoms with Crippen molar-refractivity contribution in [2.45, 2.75) is 32.2 Å². The van der Waals surface area contributed by atoms with Crippen LogP contribution in [0.3, 0.4) is 0 Å². The number of hydrogen-bond acceptors (Lipinski definition) is 3. The average molecular weight is 271 g/mol. The smallest absolute Gasteiger partial charge is 0.122 e. The van der Waals surface area contributed by atoms with Crippen LogP contribution < -0.4 is 10.1 Å². The van der Waals surface area contributed by atoms with E-state index >= 15 is 0 Å². The number of fused-ring (bicyclic) bond motifs is 1. The van der Waals surface area contributed by atoms with Crippen molar-refractivity contribution < 1.29 is 9.15 Å². The van der Waals surface area contributed by atoms with Crippen LogP contribution >= 0.6 is 0 Å². The van der Waals surface area contributed by atoms with Gasteiger partial charge < -0.3 is 14.5 Å². The van der Waals surface area contributed by atoms with Crippen molar-refractivity contribution in [2.24, 2.45) is 0 Å². The molecule has 1 aromatic carbocycles. The highest BCUT2D eigenvalue weighted by molar-refractivity contribution is 5.41. The molecule has 0 fully saturated rings. The van der Waals surface area contributed by atoms with E-state index in [1.807, 2.05) is 12.3 Å². The highest BCUT2D eigenvalue weighted by Crippen LogP contribution is 2.29. The van der Waals surface area contributed by atoms with Gasteiger partial charge >= 0.3 is 0 Å². The van der Waals surface area contributed by atoms with E-state index in [0.29, 0.717) is 6.04 Å². The van der Waals surface area contributed by atoms with Gasteiger partial charge in [-0.1, -0.05) is 19.1 Å². The van der Waals surface area contributed by atoms with Gasteiger partial charge in [0.15, 0.2) is 0 Å². The fourth-order valence-corrected chi connectivity index (χ4v) is 2.69. The van der Waals surface area contributed by atoms with Gasteiger partial charge in [-0.2, -0.15) is 0 Å². The first-order valence-electron chi connectivity index (χ1n) is 7.37. The number of ether oxygens (including phenoxy) is 1. The second kappa shape index (κ2) is 6.14. The summed E-state index contributed by atoms with van der Waals surface area (Å²) in [6.07, 6.45) is 6.68. The molecular formula is C17H21NO2. The predicted octanol–water partition coefficient (Wildman–Crippen LogP) is 3.50. The summed E-state index contributed by atoms with van der Waals surface area (Å²) in [5, 5.41) is 3.63. The monoisotopic (exact) mass is 271 g/mol. The third-order valence-corrected chi connectivity index (χ3v) is 3.78. The first-order valence-corrected chi connectivity index (χ1v) is 7.37. The summed E-state index contributed by atoms with van der Waals surface area (Å²) in [6, 6.07) is 8.94. The Morgan fingerprint density at radius 2 is 2.25 bits per heavy atom. The fraction of sp³-hybridized carbons (Fsp3) is 0.412. The molecule has 1 aliphatic heterocycles. The molecule has 0 saturated heterocycles. The molecule has 3 heteroatoms. The molecule has 0 saturated carbocycles. The third-order valence-electron chi connectivity index (χ3n) is 3.78. The predicted molar refractivity (Wildman–Crippen MR) is 79.1 cm³/mol. The Morgan fingerprint density at radius 1 is 1.30 bits per heavy atom. The Bertz CT molecular complexity index is 548. The molecule has 20 heavy (non-hydrogen) atoms. The largest absolute Gasteiger partial charge is 0.493 e. The Kier molecular flexibility index (Phi) is 4.07. The topological polar surface area (TPSA) is 34.4 Å². The van der Waals surface area contributed by atoms with Crippen LogP contribution in [0, 0.1) is 0 Å². The Hall–Kier alpha value is -1.74. The minimum absolute atomic E-state index is 0.332. The molecular weight excluding hydrogens is 250 g/mol. The van der Waals surface area contributed by atoms with Gasteiger partial charge in [-0.15, -0.1) is 0 Å². The lowest BCUT2D eigenvalue weighted by molar-refractivity contribution is 0.356. The molecule has 1 atom stereocenters. The first kappa shape index (κ1) is 13.3. The maximum absolute atomic E-state index is 5.58. The minimum atomic E-state index is 0.332. The van der Waals surface area contributed by atoms with Crippen LogP contribution in [0.25, 0.3) is 0 Å². The summed E-state index contributed by atoms with van der Waals surface area (Å²) in [7, 11) is 0. The van der Waals surface area contributed by atoms with Gasteiger partial charge in [0.05, 0.1) is 19.1 Å². The molecule has 0 amide bonds. The van der Waals surface area contributed by atoms with Crippen molar-refractivity contribution in [3.05, 3.63) is 53.5 Å². The van der Waals surface area contributed by atoms with Gasteiger partial charge in [-0.3, -0.25) is 0 Å². The number of furan rings is 1. The fourth-order valence-electron chi connectivity index (χ4n) is 2.69. The highest BCUT2D eigenvalue weighted by atomic mass is 16.5. The standard InChI is InChI=1S/C17H21NO2/c1-2-7-18-16(10-13-5-8-19-12-13)14-3-4-17-15(11-14)6-9-20-17/h3-5,8,11-12,16,18H,2,6-7,9-10H2,1H3. The Morgan fingerprint density at radius 3 is 3.05 bits per heavy atom. The maximum atomic E-state index is 5.58. The molecule has 1 N–H and O–H groups in total. The van der Waals surface area contributed by atoms with E-state index in [1.54, 1.807) is 6.26 Å². The Balaban J connectivity index is 1.80. The summed E-state index contributed by atoms with van der Waals surface area (Å²) >= 11 is 0. The molecule has 0 radical (unpaired) electrons. The SMILES string of the molecule is CCCNC(Cc1ccoc1)c1ccc2c(c1)CCO2. The zero-order chi connectivity index (χ0) is 13.8. The molecule has 0 spiro atoms. The van der Waals surface area contributed by atoms with E-state index in [9.17, 15) is 0 Å². The molecule has 1 unspecified atom stereocenters. The van der Waals surface area contributed by atoms with Gasteiger partial charge in [0.25, 0.3) is 0 Å².